The lowest BCUT2D eigenvalue weighted by Gasteiger charge is -2.19. The van der Waals surface area contributed by atoms with Gasteiger partial charge in [-0.1, -0.05) is 12.1 Å². The van der Waals surface area contributed by atoms with E-state index in [2.05, 4.69) is 5.32 Å². The molecule has 1 saturated heterocycles. The van der Waals surface area contributed by atoms with Gasteiger partial charge in [-0.3, -0.25) is 9.59 Å². The van der Waals surface area contributed by atoms with Crippen LogP contribution < -0.4 is 5.32 Å². The number of carbonyl (C=O) groups is 2. The van der Waals surface area contributed by atoms with Crippen molar-refractivity contribution in [2.45, 2.75) is 13.0 Å². The van der Waals surface area contributed by atoms with Crippen molar-refractivity contribution in [2.75, 3.05) is 26.7 Å². The number of methoxy groups -OCH3 is 1. The average molecular weight is 262 g/mol. The lowest BCUT2D eigenvalue weighted by molar-refractivity contribution is -0.121. The van der Waals surface area contributed by atoms with Crippen LogP contribution in [0.3, 0.4) is 0 Å². The van der Waals surface area contributed by atoms with Crippen molar-refractivity contribution in [3.8, 4) is 0 Å². The molecule has 0 unspecified atom stereocenters. The monoisotopic (exact) mass is 262 g/mol. The van der Waals surface area contributed by atoms with E-state index in [4.69, 9.17) is 4.74 Å². The summed E-state index contributed by atoms with van der Waals surface area (Å²) >= 11 is 0. The third-order valence-electron chi connectivity index (χ3n) is 3.06. The Hall–Kier alpha value is -1.88. The molecule has 1 aromatic rings. The summed E-state index contributed by atoms with van der Waals surface area (Å²) in [6.07, 6.45) is 0.791. The minimum atomic E-state index is -0.0963. The molecule has 2 amide bonds. The second-order valence-electron chi connectivity index (χ2n) is 4.56. The molecule has 1 aromatic carbocycles. The Labute approximate surface area is 112 Å². The van der Waals surface area contributed by atoms with Crippen LogP contribution in [-0.4, -0.2) is 43.5 Å². The fourth-order valence-electron chi connectivity index (χ4n) is 2.07. The molecule has 0 saturated carbocycles. The number of hydrogen-bond donors (Lipinski definition) is 1. The first-order valence-corrected chi connectivity index (χ1v) is 6.34. The molecule has 0 aliphatic carbocycles. The molecular weight excluding hydrogens is 244 g/mol. The van der Waals surface area contributed by atoms with E-state index in [0.29, 0.717) is 25.3 Å². The van der Waals surface area contributed by atoms with Crippen LogP contribution in [0.2, 0.25) is 0 Å². The highest BCUT2D eigenvalue weighted by molar-refractivity contribution is 5.96. The number of hydrogen-bond acceptors (Lipinski definition) is 3. The minimum Gasteiger partial charge on any atom is -0.380 e. The van der Waals surface area contributed by atoms with Crippen LogP contribution in [0.15, 0.2) is 24.3 Å². The maximum Gasteiger partial charge on any atom is 0.254 e. The van der Waals surface area contributed by atoms with Crippen LogP contribution in [0.4, 0.5) is 0 Å². The smallest absolute Gasteiger partial charge is 0.254 e. The third-order valence-corrected chi connectivity index (χ3v) is 3.06. The van der Waals surface area contributed by atoms with E-state index in [-0.39, 0.29) is 18.4 Å². The summed E-state index contributed by atoms with van der Waals surface area (Å²) < 4.78 is 5.03. The molecule has 102 valence electrons. The van der Waals surface area contributed by atoms with Gasteiger partial charge in [-0.05, 0) is 24.1 Å². The molecule has 1 fully saturated rings. The highest BCUT2D eigenvalue weighted by atomic mass is 16.5. The van der Waals surface area contributed by atoms with Gasteiger partial charge in [-0.2, -0.15) is 0 Å². The summed E-state index contributed by atoms with van der Waals surface area (Å²) in [5.74, 6) is -0.192. The van der Waals surface area contributed by atoms with Crippen LogP contribution in [0.25, 0.3) is 0 Å². The lowest BCUT2D eigenvalue weighted by Crippen LogP contribution is -2.37. The summed E-state index contributed by atoms with van der Waals surface area (Å²) in [7, 11) is 1.63. The molecule has 5 nitrogen and oxygen atoms in total. The largest absolute Gasteiger partial charge is 0.380 e. The number of nitrogens with one attached hydrogen (secondary N) is 1. The van der Waals surface area contributed by atoms with E-state index in [0.717, 1.165) is 12.0 Å². The van der Waals surface area contributed by atoms with Gasteiger partial charge in [0.1, 0.15) is 0 Å². The maximum atomic E-state index is 12.3. The van der Waals surface area contributed by atoms with Crippen molar-refractivity contribution < 1.29 is 14.3 Å². The molecule has 0 bridgehead atoms. The van der Waals surface area contributed by atoms with Crippen molar-refractivity contribution in [3.05, 3.63) is 35.4 Å². The predicted molar refractivity (Wildman–Crippen MR) is 70.7 cm³/mol. The van der Waals surface area contributed by atoms with E-state index in [1.165, 1.54) is 0 Å². The molecule has 0 spiro atoms. The standard InChI is InChI=1S/C14H18N2O3/c1-19-10-11-3-5-12(6-4-11)14(18)16-8-2-7-15-13(17)9-16/h3-6H,2,7-10H2,1H3,(H,15,17). The number of ether oxygens (including phenoxy) is 1. The lowest BCUT2D eigenvalue weighted by atomic mass is 10.1. The van der Waals surface area contributed by atoms with Crippen LogP contribution >= 0.6 is 0 Å². The van der Waals surface area contributed by atoms with E-state index in [1.54, 1.807) is 24.1 Å². The van der Waals surface area contributed by atoms with Gasteiger partial charge < -0.3 is 15.0 Å². The highest BCUT2D eigenvalue weighted by Crippen LogP contribution is 2.10. The van der Waals surface area contributed by atoms with Crippen LogP contribution in [0, 0.1) is 0 Å². The second kappa shape index (κ2) is 6.33. The molecule has 0 radical (unpaired) electrons. The third kappa shape index (κ3) is 3.54. The molecule has 19 heavy (non-hydrogen) atoms. The zero-order valence-electron chi connectivity index (χ0n) is 11.0. The molecule has 0 aromatic heterocycles. The van der Waals surface area contributed by atoms with Gasteiger partial charge in [0.05, 0.1) is 13.2 Å². The van der Waals surface area contributed by atoms with Gasteiger partial charge in [0.2, 0.25) is 5.91 Å². The van der Waals surface area contributed by atoms with E-state index in [9.17, 15) is 9.59 Å². The summed E-state index contributed by atoms with van der Waals surface area (Å²) in [4.78, 5) is 25.3. The minimum absolute atomic E-state index is 0.0955. The molecule has 1 heterocycles. The summed E-state index contributed by atoms with van der Waals surface area (Å²) in [5, 5.41) is 2.76. The zero-order chi connectivity index (χ0) is 13.7. The van der Waals surface area contributed by atoms with Gasteiger partial charge in [0.25, 0.3) is 5.91 Å². The van der Waals surface area contributed by atoms with Crippen molar-refractivity contribution in [2.24, 2.45) is 0 Å². The molecule has 1 aliphatic rings. The van der Waals surface area contributed by atoms with Crippen LogP contribution in [0.5, 0.6) is 0 Å². The molecule has 5 heteroatoms. The number of amides is 2. The van der Waals surface area contributed by atoms with Crippen molar-refractivity contribution in [1.82, 2.24) is 10.2 Å². The number of carbonyl (C=O) groups excluding carboxylic acids is 2. The number of nitrogens with zero attached hydrogens (tertiary/aromatic N) is 1. The zero-order valence-corrected chi connectivity index (χ0v) is 11.0. The Morgan fingerprint density at radius 2 is 2.11 bits per heavy atom. The van der Waals surface area contributed by atoms with E-state index >= 15 is 0 Å². The normalized spacial score (nSPS) is 15.8. The Balaban J connectivity index is 2.07. The Morgan fingerprint density at radius 3 is 2.79 bits per heavy atom. The van der Waals surface area contributed by atoms with Gasteiger partial charge in [0.15, 0.2) is 0 Å². The molecule has 1 N–H and O–H groups in total. The fraction of sp³-hybridized carbons (Fsp3) is 0.429. The highest BCUT2D eigenvalue weighted by Gasteiger charge is 2.20. The Bertz CT molecular complexity index is 456. The summed E-state index contributed by atoms with van der Waals surface area (Å²) in [5.41, 5.74) is 1.63. The van der Waals surface area contributed by atoms with Crippen molar-refractivity contribution in [3.63, 3.8) is 0 Å². The first kappa shape index (κ1) is 13.5. The maximum absolute atomic E-state index is 12.3. The molecular formula is C14H18N2O3. The molecule has 1 aliphatic heterocycles. The number of rotatable bonds is 3. The second-order valence-corrected chi connectivity index (χ2v) is 4.56. The Morgan fingerprint density at radius 1 is 1.37 bits per heavy atom. The average Bonchev–Trinajstić information content (AvgIpc) is 2.64. The van der Waals surface area contributed by atoms with Gasteiger partial charge >= 0.3 is 0 Å². The van der Waals surface area contributed by atoms with Crippen molar-refractivity contribution in [1.29, 1.82) is 0 Å². The van der Waals surface area contributed by atoms with Gasteiger partial charge in [-0.15, -0.1) is 0 Å². The topological polar surface area (TPSA) is 58.6 Å². The summed E-state index contributed by atoms with van der Waals surface area (Å²) in [6, 6.07) is 7.29. The first-order chi connectivity index (χ1) is 9.20. The van der Waals surface area contributed by atoms with E-state index < -0.39 is 0 Å². The van der Waals surface area contributed by atoms with Gasteiger partial charge in [-0.25, -0.2) is 0 Å². The van der Waals surface area contributed by atoms with Crippen LogP contribution in [0.1, 0.15) is 22.3 Å². The van der Waals surface area contributed by atoms with Crippen LogP contribution in [-0.2, 0) is 16.1 Å². The first-order valence-electron chi connectivity index (χ1n) is 6.34. The molecule has 2 rings (SSSR count). The fourth-order valence-corrected chi connectivity index (χ4v) is 2.07. The Kier molecular flexibility index (Phi) is 4.52. The van der Waals surface area contributed by atoms with Gasteiger partial charge in [0, 0.05) is 25.8 Å². The quantitative estimate of drug-likeness (QED) is 0.876. The number of benzene rings is 1. The SMILES string of the molecule is COCc1ccc(C(=O)N2CCCNC(=O)C2)cc1. The molecule has 0 atom stereocenters. The predicted octanol–water partition coefficient (Wildman–Crippen LogP) is 0.795. The van der Waals surface area contributed by atoms with Crippen molar-refractivity contribution >= 4 is 11.8 Å². The van der Waals surface area contributed by atoms with E-state index in [1.807, 2.05) is 12.1 Å². The summed E-state index contributed by atoms with van der Waals surface area (Å²) in [6.45, 7) is 1.91.